The van der Waals surface area contributed by atoms with Gasteiger partial charge in [0, 0.05) is 25.7 Å². The number of aromatic nitrogens is 2. The molecule has 0 bridgehead atoms. The van der Waals surface area contributed by atoms with E-state index in [0.717, 1.165) is 31.1 Å². The molecular formula is C12H18ClN5. The summed E-state index contributed by atoms with van der Waals surface area (Å²) in [5, 5.41) is 0.283. The van der Waals surface area contributed by atoms with Crippen LogP contribution in [0.15, 0.2) is 0 Å². The number of nitrogen functional groups attached to an aromatic ring is 1. The number of piperazine rings is 1. The number of anilines is 2. The van der Waals surface area contributed by atoms with Crippen LogP contribution in [0.25, 0.3) is 0 Å². The SMILES string of the molecule is Cc1nc(Cl)nc(N2CCN3CCCC3C2)c1N. The van der Waals surface area contributed by atoms with Crippen molar-refractivity contribution >= 4 is 23.1 Å². The first-order valence-corrected chi connectivity index (χ1v) is 6.81. The largest absolute Gasteiger partial charge is 0.394 e. The van der Waals surface area contributed by atoms with Gasteiger partial charge >= 0.3 is 0 Å². The molecule has 98 valence electrons. The van der Waals surface area contributed by atoms with Crippen LogP contribution in [-0.2, 0) is 0 Å². The van der Waals surface area contributed by atoms with Crippen LogP contribution in [0.5, 0.6) is 0 Å². The van der Waals surface area contributed by atoms with Crippen molar-refractivity contribution in [3.63, 3.8) is 0 Å². The molecule has 2 saturated heterocycles. The zero-order valence-electron chi connectivity index (χ0n) is 10.6. The van der Waals surface area contributed by atoms with Crippen molar-refractivity contribution in [2.75, 3.05) is 36.8 Å². The molecule has 0 spiro atoms. The summed E-state index contributed by atoms with van der Waals surface area (Å²) in [7, 11) is 0. The average molecular weight is 268 g/mol. The summed E-state index contributed by atoms with van der Waals surface area (Å²) in [4.78, 5) is 13.2. The molecule has 2 fully saturated rings. The molecule has 0 aliphatic carbocycles. The van der Waals surface area contributed by atoms with E-state index in [1.165, 1.54) is 19.4 Å². The van der Waals surface area contributed by atoms with E-state index in [1.807, 2.05) is 6.92 Å². The molecule has 3 rings (SSSR count). The molecule has 2 N–H and O–H groups in total. The Bertz CT molecular complexity index is 464. The molecule has 0 aromatic carbocycles. The van der Waals surface area contributed by atoms with Crippen LogP contribution in [-0.4, -0.2) is 47.1 Å². The minimum absolute atomic E-state index is 0.283. The van der Waals surface area contributed by atoms with E-state index in [4.69, 9.17) is 17.3 Å². The number of nitrogens with two attached hydrogens (primary N) is 1. The van der Waals surface area contributed by atoms with E-state index in [0.29, 0.717) is 11.7 Å². The molecule has 2 aliphatic rings. The first-order valence-electron chi connectivity index (χ1n) is 6.44. The minimum atomic E-state index is 0.283. The fraction of sp³-hybridized carbons (Fsp3) is 0.667. The van der Waals surface area contributed by atoms with Crippen LogP contribution in [0.1, 0.15) is 18.5 Å². The van der Waals surface area contributed by atoms with Gasteiger partial charge in [0.2, 0.25) is 5.28 Å². The minimum Gasteiger partial charge on any atom is -0.394 e. The second kappa shape index (κ2) is 4.55. The summed E-state index contributed by atoms with van der Waals surface area (Å²) >= 11 is 5.94. The number of halogens is 1. The third-order valence-electron chi connectivity index (χ3n) is 3.98. The highest BCUT2D eigenvalue weighted by Gasteiger charge is 2.32. The molecular weight excluding hydrogens is 250 g/mol. The number of nitrogens with zero attached hydrogens (tertiary/aromatic N) is 4. The molecule has 0 amide bonds. The lowest BCUT2D eigenvalue weighted by atomic mass is 10.1. The lowest BCUT2D eigenvalue weighted by molar-refractivity contribution is 0.230. The van der Waals surface area contributed by atoms with E-state index >= 15 is 0 Å². The molecule has 0 radical (unpaired) electrons. The Kier molecular flexibility index (Phi) is 3.03. The van der Waals surface area contributed by atoms with Crippen molar-refractivity contribution in [3.05, 3.63) is 11.0 Å². The zero-order chi connectivity index (χ0) is 12.7. The van der Waals surface area contributed by atoms with Gasteiger partial charge in [-0.15, -0.1) is 0 Å². The monoisotopic (exact) mass is 267 g/mol. The molecule has 0 saturated carbocycles. The van der Waals surface area contributed by atoms with Gasteiger partial charge < -0.3 is 10.6 Å². The molecule has 1 aromatic heterocycles. The summed E-state index contributed by atoms with van der Waals surface area (Å²) in [6, 6.07) is 0.646. The third-order valence-corrected chi connectivity index (χ3v) is 4.14. The molecule has 1 aromatic rings. The van der Waals surface area contributed by atoms with Crippen molar-refractivity contribution in [2.24, 2.45) is 0 Å². The fourth-order valence-corrected chi connectivity index (χ4v) is 3.16. The predicted octanol–water partition coefficient (Wildman–Crippen LogP) is 1.31. The van der Waals surface area contributed by atoms with Gasteiger partial charge in [-0.3, -0.25) is 4.90 Å². The number of fused-ring (bicyclic) bond motifs is 1. The number of hydrogen-bond acceptors (Lipinski definition) is 5. The summed E-state index contributed by atoms with van der Waals surface area (Å²) in [5.74, 6) is 0.805. The summed E-state index contributed by atoms with van der Waals surface area (Å²) in [6.07, 6.45) is 2.58. The number of aryl methyl sites for hydroxylation is 1. The second-order valence-electron chi connectivity index (χ2n) is 5.09. The van der Waals surface area contributed by atoms with Crippen molar-refractivity contribution in [1.82, 2.24) is 14.9 Å². The predicted molar refractivity (Wildman–Crippen MR) is 73.0 cm³/mol. The van der Waals surface area contributed by atoms with Crippen molar-refractivity contribution < 1.29 is 0 Å². The van der Waals surface area contributed by atoms with Gasteiger partial charge in [-0.1, -0.05) is 0 Å². The second-order valence-corrected chi connectivity index (χ2v) is 5.43. The maximum Gasteiger partial charge on any atom is 0.224 e. The first-order chi connectivity index (χ1) is 8.65. The lowest BCUT2D eigenvalue weighted by Crippen LogP contribution is -2.50. The smallest absolute Gasteiger partial charge is 0.224 e. The standard InChI is InChI=1S/C12H18ClN5/c1-8-10(14)11(16-12(13)15-8)18-6-5-17-4-2-3-9(17)7-18/h9H,2-7,14H2,1H3. The van der Waals surface area contributed by atoms with Gasteiger partial charge in [0.05, 0.1) is 11.4 Å². The van der Waals surface area contributed by atoms with Gasteiger partial charge in [0.25, 0.3) is 0 Å². The van der Waals surface area contributed by atoms with Gasteiger partial charge in [-0.05, 0) is 37.9 Å². The number of rotatable bonds is 1. The third kappa shape index (κ3) is 2.01. The van der Waals surface area contributed by atoms with E-state index in [1.54, 1.807) is 0 Å². The van der Waals surface area contributed by atoms with Crippen LogP contribution in [0.3, 0.4) is 0 Å². The van der Waals surface area contributed by atoms with Crippen molar-refractivity contribution in [2.45, 2.75) is 25.8 Å². The maximum absolute atomic E-state index is 6.08. The number of hydrogen-bond donors (Lipinski definition) is 1. The Labute approximate surface area is 112 Å². The van der Waals surface area contributed by atoms with E-state index < -0.39 is 0 Å². The van der Waals surface area contributed by atoms with Gasteiger partial charge in [0.1, 0.15) is 0 Å². The summed E-state index contributed by atoms with van der Waals surface area (Å²) in [5.41, 5.74) is 7.50. The molecule has 2 aliphatic heterocycles. The highest BCUT2D eigenvalue weighted by molar-refractivity contribution is 6.28. The molecule has 3 heterocycles. The molecule has 18 heavy (non-hydrogen) atoms. The van der Waals surface area contributed by atoms with E-state index in [9.17, 15) is 0 Å². The maximum atomic E-state index is 6.08. The van der Waals surface area contributed by atoms with Gasteiger partial charge in [-0.25, -0.2) is 4.98 Å². The van der Waals surface area contributed by atoms with Gasteiger partial charge in [0.15, 0.2) is 5.82 Å². The summed E-state index contributed by atoms with van der Waals surface area (Å²) in [6.45, 7) is 6.16. The Morgan fingerprint density at radius 1 is 1.28 bits per heavy atom. The zero-order valence-corrected chi connectivity index (χ0v) is 11.3. The summed E-state index contributed by atoms with van der Waals surface area (Å²) < 4.78 is 0. The van der Waals surface area contributed by atoms with E-state index in [-0.39, 0.29) is 5.28 Å². The Hall–Kier alpha value is -1.07. The van der Waals surface area contributed by atoms with E-state index in [2.05, 4.69) is 19.8 Å². The lowest BCUT2D eigenvalue weighted by Gasteiger charge is -2.38. The van der Waals surface area contributed by atoms with Crippen LogP contribution in [0.4, 0.5) is 11.5 Å². The molecule has 1 atom stereocenters. The van der Waals surface area contributed by atoms with Crippen LogP contribution in [0, 0.1) is 6.92 Å². The topological polar surface area (TPSA) is 58.3 Å². The van der Waals surface area contributed by atoms with Crippen molar-refractivity contribution in [1.29, 1.82) is 0 Å². The molecule has 6 heteroatoms. The fourth-order valence-electron chi connectivity index (χ4n) is 2.96. The first kappa shape index (κ1) is 12.0. The highest BCUT2D eigenvalue weighted by Crippen LogP contribution is 2.29. The van der Waals surface area contributed by atoms with Crippen molar-refractivity contribution in [3.8, 4) is 0 Å². The van der Waals surface area contributed by atoms with Crippen LogP contribution in [0.2, 0.25) is 5.28 Å². The van der Waals surface area contributed by atoms with Crippen LogP contribution < -0.4 is 10.6 Å². The normalized spacial score (nSPS) is 24.3. The molecule has 1 unspecified atom stereocenters. The Balaban J connectivity index is 1.87. The van der Waals surface area contributed by atoms with Crippen LogP contribution >= 0.6 is 11.6 Å². The van der Waals surface area contributed by atoms with Gasteiger partial charge in [-0.2, -0.15) is 4.98 Å². The average Bonchev–Trinajstić information content (AvgIpc) is 2.80. The Morgan fingerprint density at radius 2 is 2.11 bits per heavy atom. The Morgan fingerprint density at radius 3 is 2.94 bits per heavy atom. The highest BCUT2D eigenvalue weighted by atomic mass is 35.5. The quantitative estimate of drug-likeness (QED) is 0.778. The molecule has 5 nitrogen and oxygen atoms in total.